The number of hydrogen-bond acceptors (Lipinski definition) is 8. The van der Waals surface area contributed by atoms with Gasteiger partial charge in [0.15, 0.2) is 0 Å². The lowest BCUT2D eigenvalue weighted by molar-refractivity contribution is -0.111. The molecule has 0 aliphatic heterocycles. The van der Waals surface area contributed by atoms with Gasteiger partial charge < -0.3 is 30.6 Å². The van der Waals surface area contributed by atoms with Gasteiger partial charge in [-0.2, -0.15) is 5.10 Å². The van der Waals surface area contributed by atoms with Gasteiger partial charge in [0.1, 0.15) is 11.6 Å². The number of allylic oxidation sites excluding steroid dienone is 1. The fourth-order valence-corrected chi connectivity index (χ4v) is 4.32. The molecule has 1 aromatic heterocycles. The summed E-state index contributed by atoms with van der Waals surface area (Å²) in [6, 6.07) is 9.56. The van der Waals surface area contributed by atoms with Crippen LogP contribution < -0.4 is 31.5 Å². The Morgan fingerprint density at radius 1 is 1.14 bits per heavy atom. The zero-order valence-electron chi connectivity index (χ0n) is 25.8. The Morgan fingerprint density at radius 2 is 1.90 bits per heavy atom. The number of hydrogen-bond donors (Lipinski definition) is 5. The maximum atomic E-state index is 12.9. The van der Waals surface area contributed by atoms with Gasteiger partial charge >= 0.3 is 0 Å². The van der Waals surface area contributed by atoms with Crippen molar-refractivity contribution < 1.29 is 9.53 Å². The maximum Gasteiger partial charge on any atom is 0.248 e. The molecule has 0 bridgehead atoms. The van der Waals surface area contributed by atoms with E-state index >= 15 is 0 Å². The summed E-state index contributed by atoms with van der Waals surface area (Å²) in [5.74, 6) is 6.55. The molecule has 1 heterocycles. The minimum atomic E-state index is -0.222. The molecule has 0 saturated carbocycles. The van der Waals surface area contributed by atoms with Crippen molar-refractivity contribution in [2.24, 2.45) is 11.8 Å². The number of amides is 1. The van der Waals surface area contributed by atoms with Crippen LogP contribution in [0.2, 0.25) is 0 Å². The summed E-state index contributed by atoms with van der Waals surface area (Å²) in [5, 5.41) is 20.2. The highest BCUT2D eigenvalue weighted by atomic mass is 16.5. The van der Waals surface area contributed by atoms with Gasteiger partial charge in [0.25, 0.3) is 0 Å². The highest BCUT2D eigenvalue weighted by molar-refractivity contribution is 6.08. The van der Waals surface area contributed by atoms with Crippen molar-refractivity contribution >= 4 is 45.4 Å². The van der Waals surface area contributed by atoms with Crippen LogP contribution in [0.25, 0.3) is 16.6 Å². The van der Waals surface area contributed by atoms with Crippen molar-refractivity contribution in [1.82, 2.24) is 20.1 Å². The average Bonchev–Trinajstić information content (AvgIpc) is 3.39. The number of ether oxygens (including phenoxy) is 1. The molecule has 0 fully saturated rings. The molecule has 42 heavy (non-hydrogen) atoms. The largest absolute Gasteiger partial charge is 0.494 e. The molecule has 2 aromatic carbocycles. The quantitative estimate of drug-likeness (QED) is 0.0623. The lowest BCUT2D eigenvalue weighted by atomic mass is 10.1. The van der Waals surface area contributed by atoms with E-state index in [4.69, 9.17) is 16.0 Å². The molecule has 6 N–H and O–H groups in total. The van der Waals surface area contributed by atoms with Crippen LogP contribution in [0.15, 0.2) is 54.8 Å². The van der Waals surface area contributed by atoms with Gasteiger partial charge in [0.2, 0.25) is 5.91 Å². The van der Waals surface area contributed by atoms with E-state index in [1.165, 1.54) is 0 Å². The van der Waals surface area contributed by atoms with E-state index in [0.29, 0.717) is 28.7 Å². The molecule has 0 saturated heterocycles. The third-order valence-corrected chi connectivity index (χ3v) is 7.06. The van der Waals surface area contributed by atoms with E-state index in [1.807, 2.05) is 69.3 Å². The first-order valence-corrected chi connectivity index (χ1v) is 14.2. The van der Waals surface area contributed by atoms with Crippen molar-refractivity contribution in [3.63, 3.8) is 0 Å². The molecule has 1 amide bonds. The van der Waals surface area contributed by atoms with Crippen LogP contribution in [0.1, 0.15) is 32.8 Å². The standard InChI is InChI=1S/C31H45N9O2/c1-8-21(3)10-13-31(41)36-25-17-26(29(42-7)19-28(25)39(6)15-14-38(4)5)35-30(32)18-24(37-33)22-11-12-27-23(16-22)20-34-40(27)9-2/h10-13,16-21,37H,8-9,14-15,33H2,1-7H3,(H2,32,35)(H,36,41)/b13-10+,24-18-. The summed E-state index contributed by atoms with van der Waals surface area (Å²) in [7, 11) is 7.59. The molecule has 3 rings (SSSR count). The number of aromatic nitrogens is 2. The lowest BCUT2D eigenvalue weighted by Gasteiger charge is -2.26. The van der Waals surface area contributed by atoms with Gasteiger partial charge in [-0.3, -0.25) is 20.7 Å². The zero-order chi connectivity index (χ0) is 30.8. The van der Waals surface area contributed by atoms with E-state index in [0.717, 1.165) is 48.2 Å². The highest BCUT2D eigenvalue weighted by Crippen LogP contribution is 2.37. The minimum Gasteiger partial charge on any atom is -0.494 e. The Labute approximate surface area is 248 Å². The van der Waals surface area contributed by atoms with Crippen LogP contribution in [0.3, 0.4) is 0 Å². The number of benzene rings is 2. The molecule has 226 valence electrons. The number of nitrogens with zero attached hydrogens (tertiary/aromatic N) is 4. The van der Waals surface area contributed by atoms with Crippen LogP contribution in [0, 0.1) is 11.3 Å². The monoisotopic (exact) mass is 575 g/mol. The Balaban J connectivity index is 1.93. The molecule has 1 unspecified atom stereocenters. The third kappa shape index (κ3) is 8.34. The van der Waals surface area contributed by atoms with Gasteiger partial charge in [-0.05, 0) is 56.8 Å². The van der Waals surface area contributed by atoms with E-state index in [9.17, 15) is 4.79 Å². The van der Waals surface area contributed by atoms with E-state index in [1.54, 1.807) is 25.3 Å². The summed E-state index contributed by atoms with van der Waals surface area (Å²) < 4.78 is 7.62. The SMILES string of the molecule is CCC(C)/C=C/C(=O)Nc1cc(NC(=N)/C=C(\NN)c2ccc3c(cnn3CC)c2)c(OC)cc1N(C)CCN(C)C. The molecular formula is C31H45N9O2. The Kier molecular flexibility index (Phi) is 11.5. The van der Waals surface area contributed by atoms with Gasteiger partial charge in [-0.15, -0.1) is 0 Å². The second kappa shape index (κ2) is 15.0. The Morgan fingerprint density at radius 3 is 2.55 bits per heavy atom. The number of carbonyl (C=O) groups excluding carboxylic acids is 1. The molecule has 11 heteroatoms. The van der Waals surface area contributed by atoms with E-state index < -0.39 is 0 Å². The second-order valence-corrected chi connectivity index (χ2v) is 10.5. The predicted molar refractivity (Wildman–Crippen MR) is 174 cm³/mol. The summed E-state index contributed by atoms with van der Waals surface area (Å²) >= 11 is 0. The van der Waals surface area contributed by atoms with Crippen molar-refractivity contribution in [1.29, 1.82) is 5.41 Å². The van der Waals surface area contributed by atoms with Crippen LogP contribution in [0.5, 0.6) is 5.75 Å². The number of nitrogens with two attached hydrogens (primary N) is 1. The number of likely N-dealkylation sites (N-methyl/N-ethyl adjacent to an activating group) is 2. The van der Waals surface area contributed by atoms with E-state index in [2.05, 4.69) is 44.8 Å². The number of hydrazine groups is 1. The maximum absolute atomic E-state index is 12.9. The number of fused-ring (bicyclic) bond motifs is 1. The van der Waals surface area contributed by atoms with Gasteiger partial charge in [-0.25, -0.2) is 0 Å². The number of methoxy groups -OCH3 is 1. The van der Waals surface area contributed by atoms with Gasteiger partial charge in [0, 0.05) is 44.2 Å². The van der Waals surface area contributed by atoms with Gasteiger partial charge in [0.05, 0.1) is 41.6 Å². The Hall–Kier alpha value is -4.35. The van der Waals surface area contributed by atoms with Crippen molar-refractivity contribution in [3.8, 4) is 5.75 Å². The minimum absolute atomic E-state index is 0.0771. The molecule has 0 aliphatic rings. The van der Waals surface area contributed by atoms with Crippen LogP contribution in [-0.2, 0) is 11.3 Å². The van der Waals surface area contributed by atoms with E-state index in [-0.39, 0.29) is 11.7 Å². The number of aryl methyl sites for hydroxylation is 1. The third-order valence-electron chi connectivity index (χ3n) is 7.06. The van der Waals surface area contributed by atoms with Crippen LogP contribution >= 0.6 is 0 Å². The predicted octanol–water partition coefficient (Wildman–Crippen LogP) is 4.50. The first-order valence-electron chi connectivity index (χ1n) is 14.2. The summed E-state index contributed by atoms with van der Waals surface area (Å²) in [4.78, 5) is 17.0. The first kappa shape index (κ1) is 32.2. The summed E-state index contributed by atoms with van der Waals surface area (Å²) in [6.07, 6.45) is 7.84. The fourth-order valence-electron chi connectivity index (χ4n) is 4.32. The number of amidine groups is 1. The highest BCUT2D eigenvalue weighted by Gasteiger charge is 2.17. The number of carbonyl (C=O) groups is 1. The normalized spacial score (nSPS) is 12.5. The number of nitrogens with one attached hydrogen (secondary N) is 4. The molecule has 0 aliphatic carbocycles. The smallest absolute Gasteiger partial charge is 0.248 e. The second-order valence-electron chi connectivity index (χ2n) is 10.5. The van der Waals surface area contributed by atoms with Crippen molar-refractivity contribution in [2.75, 3.05) is 56.9 Å². The van der Waals surface area contributed by atoms with Crippen molar-refractivity contribution in [3.05, 3.63) is 60.3 Å². The summed E-state index contributed by atoms with van der Waals surface area (Å²) in [5.41, 5.74) is 7.04. The molecule has 11 nitrogen and oxygen atoms in total. The lowest BCUT2D eigenvalue weighted by Crippen LogP contribution is -2.29. The zero-order valence-corrected chi connectivity index (χ0v) is 25.8. The van der Waals surface area contributed by atoms with Crippen LogP contribution in [0.4, 0.5) is 17.1 Å². The Bertz CT molecular complexity index is 1440. The molecule has 0 spiro atoms. The number of rotatable bonds is 14. The van der Waals surface area contributed by atoms with Crippen LogP contribution in [-0.4, -0.2) is 67.8 Å². The fraction of sp³-hybridized carbons (Fsp3) is 0.387. The molecule has 1 atom stereocenters. The first-order chi connectivity index (χ1) is 20.1. The average molecular weight is 576 g/mol. The topological polar surface area (TPSA) is 137 Å². The number of anilines is 3. The summed E-state index contributed by atoms with van der Waals surface area (Å²) in [6.45, 7) is 8.54. The van der Waals surface area contributed by atoms with Crippen molar-refractivity contribution in [2.45, 2.75) is 33.7 Å². The molecule has 3 aromatic rings. The molecular weight excluding hydrogens is 530 g/mol. The van der Waals surface area contributed by atoms with Gasteiger partial charge in [-0.1, -0.05) is 32.4 Å². The molecule has 0 radical (unpaired) electrons.